The first-order valence-corrected chi connectivity index (χ1v) is 5.00. The number of carbonyl (C=O) groups excluding carboxylic acids is 1. The first-order chi connectivity index (χ1) is 8.30. The number of hydrogen-bond acceptors (Lipinski definition) is 2. The van der Waals surface area contributed by atoms with Gasteiger partial charge < -0.3 is 11.1 Å². The molecule has 0 atom stereocenters. The molecule has 3 nitrogen and oxygen atoms in total. The second kappa shape index (κ2) is 5.45. The van der Waals surface area contributed by atoms with Crippen molar-refractivity contribution in [2.45, 2.75) is 13.1 Å². The van der Waals surface area contributed by atoms with Crippen molar-refractivity contribution in [2.24, 2.45) is 0 Å². The van der Waals surface area contributed by atoms with Crippen molar-refractivity contribution in [3.63, 3.8) is 0 Å². The monoisotopic (exact) mass is 256 g/mol. The van der Waals surface area contributed by atoms with Crippen LogP contribution in [0.3, 0.4) is 0 Å². The van der Waals surface area contributed by atoms with E-state index in [1.165, 1.54) is 6.92 Å². The molecule has 1 aromatic rings. The Labute approximate surface area is 102 Å². The quantitative estimate of drug-likeness (QED) is 0.594. The summed E-state index contributed by atoms with van der Waals surface area (Å²) in [5, 5.41) is 2.40. The number of nitrogens with two attached hydrogens (primary N) is 1. The Morgan fingerprint density at radius 1 is 1.44 bits per heavy atom. The van der Waals surface area contributed by atoms with Crippen LogP contribution in [0.25, 0.3) is 0 Å². The van der Waals surface area contributed by atoms with E-state index in [1.807, 2.05) is 0 Å². The number of amides is 1. The molecule has 0 heterocycles. The highest BCUT2D eigenvalue weighted by Gasteiger charge is 2.30. The lowest BCUT2D eigenvalue weighted by atomic mass is 10.1. The minimum absolute atomic E-state index is 0.0605. The summed E-state index contributed by atoms with van der Waals surface area (Å²) >= 11 is 0. The number of hydrogen-bond donors (Lipinski definition) is 2. The Kier molecular flexibility index (Phi) is 4.21. The molecule has 3 N–H and O–H groups in total. The Morgan fingerprint density at radius 2 is 2.11 bits per heavy atom. The van der Waals surface area contributed by atoms with E-state index in [9.17, 15) is 18.0 Å². The van der Waals surface area contributed by atoms with Gasteiger partial charge in [0, 0.05) is 18.2 Å². The van der Waals surface area contributed by atoms with Gasteiger partial charge in [0.05, 0.1) is 12.1 Å². The maximum Gasteiger partial charge on any atom is 0.416 e. The lowest BCUT2D eigenvalue weighted by molar-refractivity contribution is -0.137. The zero-order valence-corrected chi connectivity index (χ0v) is 9.56. The predicted octanol–water partition coefficient (Wildman–Crippen LogP) is 1.78. The zero-order valence-electron chi connectivity index (χ0n) is 9.56. The van der Waals surface area contributed by atoms with E-state index in [-0.39, 0.29) is 23.7 Å². The Hall–Kier alpha value is -2.16. The van der Waals surface area contributed by atoms with Gasteiger partial charge in [0.25, 0.3) is 0 Å². The van der Waals surface area contributed by atoms with Crippen molar-refractivity contribution in [1.29, 1.82) is 0 Å². The highest BCUT2D eigenvalue weighted by molar-refractivity contribution is 5.73. The van der Waals surface area contributed by atoms with Crippen LogP contribution in [0.1, 0.15) is 18.1 Å². The summed E-state index contributed by atoms with van der Waals surface area (Å²) in [6.45, 7) is 1.38. The molecule has 0 fully saturated rings. The van der Waals surface area contributed by atoms with E-state index in [1.54, 1.807) is 0 Å². The first-order valence-electron chi connectivity index (χ1n) is 5.00. The largest absolute Gasteiger partial charge is 0.416 e. The van der Waals surface area contributed by atoms with Crippen molar-refractivity contribution in [3.8, 4) is 11.8 Å². The summed E-state index contributed by atoms with van der Waals surface area (Å²) < 4.78 is 37.3. The minimum Gasteiger partial charge on any atom is -0.398 e. The molecule has 18 heavy (non-hydrogen) atoms. The molecule has 0 unspecified atom stereocenters. The van der Waals surface area contributed by atoms with Crippen molar-refractivity contribution < 1.29 is 18.0 Å². The van der Waals surface area contributed by atoms with Crippen molar-refractivity contribution >= 4 is 11.6 Å². The highest BCUT2D eigenvalue weighted by Crippen LogP contribution is 2.30. The van der Waals surface area contributed by atoms with Gasteiger partial charge in [0.15, 0.2) is 0 Å². The molecule has 1 rings (SSSR count). The molecule has 0 saturated carbocycles. The van der Waals surface area contributed by atoms with Gasteiger partial charge in [-0.2, -0.15) is 13.2 Å². The molecule has 0 radical (unpaired) electrons. The van der Waals surface area contributed by atoms with E-state index < -0.39 is 11.7 Å². The van der Waals surface area contributed by atoms with E-state index in [2.05, 4.69) is 17.2 Å². The van der Waals surface area contributed by atoms with Gasteiger partial charge in [-0.3, -0.25) is 4.79 Å². The number of rotatable bonds is 1. The standard InChI is InChI=1S/C12H11F3N2O/c1-8(18)17-6-2-3-9-7-10(12(13,14)15)4-5-11(9)16/h4-5,7H,6,16H2,1H3,(H,17,18). The molecule has 0 aliphatic rings. The normalized spacial score (nSPS) is 10.4. The van der Waals surface area contributed by atoms with Gasteiger partial charge in [0.1, 0.15) is 0 Å². The summed E-state index contributed by atoms with van der Waals surface area (Å²) in [7, 11) is 0. The van der Waals surface area contributed by atoms with Crippen LogP contribution in [0.4, 0.5) is 18.9 Å². The van der Waals surface area contributed by atoms with Crippen LogP contribution in [0.2, 0.25) is 0 Å². The minimum atomic E-state index is -4.43. The molecule has 1 amide bonds. The fraction of sp³-hybridized carbons (Fsp3) is 0.250. The van der Waals surface area contributed by atoms with E-state index in [4.69, 9.17) is 5.73 Å². The molecule has 1 aromatic carbocycles. The fourth-order valence-corrected chi connectivity index (χ4v) is 1.15. The summed E-state index contributed by atoms with van der Waals surface area (Å²) in [4.78, 5) is 10.6. The smallest absolute Gasteiger partial charge is 0.398 e. The topological polar surface area (TPSA) is 55.1 Å². The van der Waals surface area contributed by atoms with Crippen LogP contribution < -0.4 is 11.1 Å². The highest BCUT2D eigenvalue weighted by atomic mass is 19.4. The van der Waals surface area contributed by atoms with Gasteiger partial charge in [-0.15, -0.1) is 0 Å². The molecule has 96 valence electrons. The number of halogens is 3. The predicted molar refractivity (Wildman–Crippen MR) is 61.4 cm³/mol. The van der Waals surface area contributed by atoms with Crippen LogP contribution >= 0.6 is 0 Å². The number of benzene rings is 1. The Morgan fingerprint density at radius 3 is 2.67 bits per heavy atom. The van der Waals surface area contributed by atoms with E-state index in [0.29, 0.717) is 0 Å². The number of nitrogen functional groups attached to an aromatic ring is 1. The van der Waals surface area contributed by atoms with Crippen LogP contribution in [0.5, 0.6) is 0 Å². The molecule has 6 heteroatoms. The third-order valence-electron chi connectivity index (χ3n) is 2.03. The van der Waals surface area contributed by atoms with Gasteiger partial charge in [-0.25, -0.2) is 0 Å². The summed E-state index contributed by atoms with van der Waals surface area (Å²) in [5.74, 6) is 4.75. The summed E-state index contributed by atoms with van der Waals surface area (Å²) in [5.41, 5.74) is 4.97. The van der Waals surface area contributed by atoms with Crippen LogP contribution in [0.15, 0.2) is 18.2 Å². The second-order valence-corrected chi connectivity index (χ2v) is 3.51. The Balaban J connectivity index is 2.91. The third-order valence-corrected chi connectivity index (χ3v) is 2.03. The van der Waals surface area contributed by atoms with Crippen LogP contribution in [-0.4, -0.2) is 12.5 Å². The molecular weight excluding hydrogens is 245 g/mol. The number of nitrogens with one attached hydrogen (secondary N) is 1. The molecule has 0 bridgehead atoms. The third kappa shape index (κ3) is 4.01. The maximum atomic E-state index is 12.4. The SMILES string of the molecule is CC(=O)NCC#Cc1cc(C(F)(F)F)ccc1N. The van der Waals surface area contributed by atoms with Gasteiger partial charge in [-0.05, 0) is 18.2 Å². The van der Waals surface area contributed by atoms with Crippen LogP contribution in [0, 0.1) is 11.8 Å². The molecule has 0 aromatic heterocycles. The molecular formula is C12H11F3N2O. The van der Waals surface area contributed by atoms with Crippen molar-refractivity contribution in [3.05, 3.63) is 29.3 Å². The molecule has 0 spiro atoms. The molecule has 0 saturated heterocycles. The number of alkyl halides is 3. The van der Waals surface area contributed by atoms with Crippen LogP contribution in [-0.2, 0) is 11.0 Å². The molecule has 0 aliphatic carbocycles. The van der Waals surface area contributed by atoms with Crippen molar-refractivity contribution in [2.75, 3.05) is 12.3 Å². The lowest BCUT2D eigenvalue weighted by Crippen LogP contribution is -2.19. The van der Waals surface area contributed by atoms with Gasteiger partial charge >= 0.3 is 6.18 Å². The van der Waals surface area contributed by atoms with E-state index in [0.717, 1.165) is 18.2 Å². The van der Waals surface area contributed by atoms with Gasteiger partial charge in [0.2, 0.25) is 5.91 Å². The maximum absolute atomic E-state index is 12.4. The fourth-order valence-electron chi connectivity index (χ4n) is 1.15. The number of anilines is 1. The zero-order chi connectivity index (χ0) is 13.8. The summed E-state index contributed by atoms with van der Waals surface area (Å²) in [6, 6.07) is 2.94. The first kappa shape index (κ1) is 13.9. The van der Waals surface area contributed by atoms with Gasteiger partial charge in [-0.1, -0.05) is 11.8 Å². The molecule has 0 aliphatic heterocycles. The average Bonchev–Trinajstić information content (AvgIpc) is 2.24. The Bertz CT molecular complexity index is 512. The summed E-state index contributed by atoms with van der Waals surface area (Å²) in [6.07, 6.45) is -4.43. The van der Waals surface area contributed by atoms with E-state index >= 15 is 0 Å². The second-order valence-electron chi connectivity index (χ2n) is 3.51. The average molecular weight is 256 g/mol. The van der Waals surface area contributed by atoms with Crippen molar-refractivity contribution in [1.82, 2.24) is 5.32 Å². The lowest BCUT2D eigenvalue weighted by Gasteiger charge is -2.07. The number of carbonyl (C=O) groups is 1.